The highest BCUT2D eigenvalue weighted by Gasteiger charge is 2.35. The first-order valence-corrected chi connectivity index (χ1v) is 8.24. The number of esters is 1. The van der Waals surface area contributed by atoms with Gasteiger partial charge in [0.15, 0.2) is 6.10 Å². The number of nitriles is 1. The molecule has 1 atom stereocenters. The van der Waals surface area contributed by atoms with Gasteiger partial charge in [-0.25, -0.2) is 4.79 Å². The van der Waals surface area contributed by atoms with Crippen molar-refractivity contribution < 1.29 is 14.3 Å². The zero-order chi connectivity index (χ0) is 17.9. The summed E-state index contributed by atoms with van der Waals surface area (Å²) in [5.41, 5.74) is 0.792. The minimum Gasteiger partial charge on any atom is -0.449 e. The van der Waals surface area contributed by atoms with E-state index in [-0.39, 0.29) is 0 Å². The number of amides is 1. The largest absolute Gasteiger partial charge is 0.449 e. The normalized spacial score (nSPS) is 17.6. The van der Waals surface area contributed by atoms with Crippen LogP contribution in [0.4, 0.5) is 0 Å². The van der Waals surface area contributed by atoms with Crippen LogP contribution in [0, 0.1) is 25.2 Å². The lowest BCUT2D eigenvalue weighted by atomic mass is 9.83. The van der Waals surface area contributed by atoms with E-state index in [1.807, 2.05) is 0 Å². The second kappa shape index (κ2) is 7.04. The van der Waals surface area contributed by atoms with Gasteiger partial charge in [-0.15, -0.1) is 0 Å². The summed E-state index contributed by atoms with van der Waals surface area (Å²) in [6, 6.07) is 2.22. The fourth-order valence-electron chi connectivity index (χ4n) is 3.10. The second-order valence-electron chi connectivity index (χ2n) is 6.46. The Morgan fingerprint density at radius 1 is 1.33 bits per heavy atom. The first-order chi connectivity index (χ1) is 11.3. The molecule has 1 saturated carbocycles. The average Bonchev–Trinajstić information content (AvgIpc) is 2.80. The molecule has 1 heterocycles. The molecule has 1 N–H and O–H groups in total. The van der Waals surface area contributed by atoms with E-state index >= 15 is 0 Å². The van der Waals surface area contributed by atoms with Gasteiger partial charge in [0.25, 0.3) is 5.91 Å². The van der Waals surface area contributed by atoms with Crippen molar-refractivity contribution in [3.05, 3.63) is 17.0 Å². The molecule has 7 nitrogen and oxygen atoms in total. The number of nitrogens with zero attached hydrogens (tertiary/aromatic N) is 3. The fourth-order valence-corrected chi connectivity index (χ4v) is 3.10. The van der Waals surface area contributed by atoms with E-state index in [9.17, 15) is 14.9 Å². The zero-order valence-electron chi connectivity index (χ0n) is 14.7. The Hall–Kier alpha value is -2.36. The van der Waals surface area contributed by atoms with Crippen LogP contribution in [-0.2, 0) is 16.6 Å². The standard InChI is InChI=1S/C17H24N4O3/c1-11-14(12(2)21(4)20-11)16(23)24-13(3)15(22)19-17(10-18)8-6-5-7-9-17/h13H,5-9H2,1-4H3,(H,19,22). The molecule has 0 aliphatic heterocycles. The minimum atomic E-state index is -0.969. The highest BCUT2D eigenvalue weighted by atomic mass is 16.5. The molecule has 1 amide bonds. The van der Waals surface area contributed by atoms with Crippen LogP contribution in [0.15, 0.2) is 0 Å². The highest BCUT2D eigenvalue weighted by molar-refractivity contribution is 5.94. The maximum atomic E-state index is 12.4. The summed E-state index contributed by atoms with van der Waals surface area (Å²) in [7, 11) is 1.75. The number of hydrogen-bond acceptors (Lipinski definition) is 5. The SMILES string of the molecule is Cc1nn(C)c(C)c1C(=O)OC(C)C(=O)NC1(C#N)CCCCC1. The summed E-state index contributed by atoms with van der Waals surface area (Å²) in [6.45, 7) is 5.01. The monoisotopic (exact) mass is 332 g/mol. The zero-order valence-corrected chi connectivity index (χ0v) is 14.7. The number of nitrogens with one attached hydrogen (secondary N) is 1. The van der Waals surface area contributed by atoms with Crippen LogP contribution in [0.3, 0.4) is 0 Å². The van der Waals surface area contributed by atoms with Crippen molar-refractivity contribution in [2.45, 2.75) is 64.5 Å². The van der Waals surface area contributed by atoms with Gasteiger partial charge in [-0.3, -0.25) is 9.48 Å². The number of ether oxygens (including phenoxy) is 1. The van der Waals surface area contributed by atoms with Crippen molar-refractivity contribution in [3.63, 3.8) is 0 Å². The Kier molecular flexibility index (Phi) is 5.27. The number of carbonyl (C=O) groups is 2. The van der Waals surface area contributed by atoms with Crippen molar-refractivity contribution in [1.29, 1.82) is 5.26 Å². The van der Waals surface area contributed by atoms with Crippen LogP contribution in [0.2, 0.25) is 0 Å². The van der Waals surface area contributed by atoms with Gasteiger partial charge in [0.05, 0.1) is 11.8 Å². The molecule has 130 valence electrons. The molecule has 1 aliphatic rings. The Morgan fingerprint density at radius 2 is 1.96 bits per heavy atom. The van der Waals surface area contributed by atoms with Crippen molar-refractivity contribution in [2.75, 3.05) is 0 Å². The summed E-state index contributed by atoms with van der Waals surface area (Å²) in [6.07, 6.45) is 3.20. The summed E-state index contributed by atoms with van der Waals surface area (Å²) < 4.78 is 6.89. The molecule has 0 aromatic carbocycles. The minimum absolute atomic E-state index is 0.379. The van der Waals surface area contributed by atoms with Gasteiger partial charge in [0, 0.05) is 12.7 Å². The van der Waals surface area contributed by atoms with Gasteiger partial charge in [-0.2, -0.15) is 10.4 Å². The Labute approximate surface area is 142 Å². The molecular formula is C17H24N4O3. The van der Waals surface area contributed by atoms with E-state index in [0.717, 1.165) is 19.3 Å². The molecule has 1 fully saturated rings. The summed E-state index contributed by atoms with van der Waals surface area (Å²) in [4.78, 5) is 24.7. The first kappa shape index (κ1) is 18.0. The second-order valence-corrected chi connectivity index (χ2v) is 6.46. The van der Waals surface area contributed by atoms with Crippen LogP contribution in [0.1, 0.15) is 60.8 Å². The Balaban J connectivity index is 2.03. The van der Waals surface area contributed by atoms with Crippen LogP contribution in [0.5, 0.6) is 0 Å². The molecule has 1 unspecified atom stereocenters. The molecule has 24 heavy (non-hydrogen) atoms. The molecule has 0 radical (unpaired) electrons. The lowest BCUT2D eigenvalue weighted by molar-refractivity contribution is -0.130. The van der Waals surface area contributed by atoms with E-state index in [0.29, 0.717) is 29.8 Å². The van der Waals surface area contributed by atoms with Crippen LogP contribution < -0.4 is 5.32 Å². The molecule has 1 aromatic rings. The molecular weight excluding hydrogens is 308 g/mol. The van der Waals surface area contributed by atoms with E-state index in [2.05, 4.69) is 16.5 Å². The lowest BCUT2D eigenvalue weighted by Gasteiger charge is -2.32. The quantitative estimate of drug-likeness (QED) is 0.850. The maximum absolute atomic E-state index is 12.4. The van der Waals surface area contributed by atoms with Crippen molar-refractivity contribution in [3.8, 4) is 6.07 Å². The topological polar surface area (TPSA) is 97.0 Å². The average molecular weight is 332 g/mol. The maximum Gasteiger partial charge on any atom is 0.342 e. The van der Waals surface area contributed by atoms with Gasteiger partial charge < -0.3 is 10.1 Å². The van der Waals surface area contributed by atoms with Gasteiger partial charge in [0.1, 0.15) is 11.1 Å². The van der Waals surface area contributed by atoms with Crippen LogP contribution in [0.25, 0.3) is 0 Å². The van der Waals surface area contributed by atoms with Crippen molar-refractivity contribution in [2.24, 2.45) is 7.05 Å². The number of rotatable bonds is 4. The number of hydrogen-bond donors (Lipinski definition) is 1. The lowest BCUT2D eigenvalue weighted by Crippen LogP contribution is -2.52. The van der Waals surface area contributed by atoms with Gasteiger partial charge in [0.2, 0.25) is 0 Å². The smallest absolute Gasteiger partial charge is 0.342 e. The molecule has 0 saturated heterocycles. The predicted octanol–water partition coefficient (Wildman–Crippen LogP) is 1.92. The van der Waals surface area contributed by atoms with Crippen molar-refractivity contribution >= 4 is 11.9 Å². The van der Waals surface area contributed by atoms with Crippen molar-refractivity contribution in [1.82, 2.24) is 15.1 Å². The number of aryl methyl sites for hydroxylation is 2. The highest BCUT2D eigenvalue weighted by Crippen LogP contribution is 2.27. The summed E-state index contributed by atoms with van der Waals surface area (Å²) >= 11 is 0. The molecule has 0 bridgehead atoms. The van der Waals surface area contributed by atoms with E-state index in [4.69, 9.17) is 4.74 Å². The van der Waals surface area contributed by atoms with E-state index in [1.165, 1.54) is 6.92 Å². The number of aromatic nitrogens is 2. The third kappa shape index (κ3) is 3.58. The van der Waals surface area contributed by atoms with Crippen LogP contribution in [-0.4, -0.2) is 33.3 Å². The molecule has 1 aromatic heterocycles. The summed E-state index contributed by atoms with van der Waals surface area (Å²) in [5, 5.41) is 16.4. The molecule has 2 rings (SSSR count). The van der Waals surface area contributed by atoms with Crippen LogP contribution >= 0.6 is 0 Å². The predicted molar refractivity (Wildman–Crippen MR) is 87.1 cm³/mol. The first-order valence-electron chi connectivity index (χ1n) is 8.24. The molecule has 0 spiro atoms. The van der Waals surface area contributed by atoms with Gasteiger partial charge >= 0.3 is 5.97 Å². The Morgan fingerprint density at radius 3 is 2.46 bits per heavy atom. The van der Waals surface area contributed by atoms with Gasteiger partial charge in [-0.1, -0.05) is 19.3 Å². The summed E-state index contributed by atoms with van der Waals surface area (Å²) in [5.74, 6) is -1.01. The third-order valence-electron chi connectivity index (χ3n) is 4.65. The van der Waals surface area contributed by atoms with E-state index in [1.54, 1.807) is 25.6 Å². The number of carbonyl (C=O) groups excluding carboxylic acids is 2. The molecule has 7 heteroatoms. The van der Waals surface area contributed by atoms with E-state index < -0.39 is 23.5 Å². The Bertz CT molecular complexity index is 681. The third-order valence-corrected chi connectivity index (χ3v) is 4.65. The fraction of sp³-hybridized carbons (Fsp3) is 0.647. The molecule has 1 aliphatic carbocycles. The van der Waals surface area contributed by atoms with Gasteiger partial charge in [-0.05, 0) is 33.6 Å².